The number of rotatable bonds is 10. The zero-order valence-corrected chi connectivity index (χ0v) is 21.6. The Bertz CT molecular complexity index is 816. The van der Waals surface area contributed by atoms with Gasteiger partial charge in [-0.15, -0.1) is 0 Å². The maximum Gasteiger partial charge on any atom is 0.408 e. The minimum Gasteiger partial charge on any atom is -0.480 e. The summed E-state index contributed by atoms with van der Waals surface area (Å²) < 4.78 is 5.40. The molecule has 0 spiro atoms. The topological polar surface area (TPSA) is 189 Å². The Morgan fingerprint density at radius 2 is 1.72 bits per heavy atom. The van der Waals surface area contributed by atoms with E-state index in [0.717, 1.165) is 32.1 Å². The lowest BCUT2D eigenvalue weighted by atomic mass is 9.83. The van der Waals surface area contributed by atoms with Gasteiger partial charge in [-0.25, -0.2) is 9.59 Å². The molecule has 1 aliphatic carbocycles. The fraction of sp³-hybridized carbons (Fsp3) is 0.792. The number of carboxylic acids is 1. The Morgan fingerprint density at radius 3 is 2.31 bits per heavy atom. The van der Waals surface area contributed by atoms with Crippen molar-refractivity contribution in [2.24, 2.45) is 22.4 Å². The summed E-state index contributed by atoms with van der Waals surface area (Å²) in [5, 5.41) is 14.9. The standard InChI is InChI=1S/C24H42N6O6/c1-24(2,3)36-23(35)29-18(15-9-5-4-6-10-15)20(32)30-14-8-12-17(30)19(31)28-16(21(33)34)11-7-13-27-22(25)26/h15-18H,4-14H2,1-3H3,(H,28,31)(H,29,35)(H,33,34)(H4,25,26,27)/t16-,17-,18+/m0/s1. The van der Waals surface area contributed by atoms with Crippen molar-refractivity contribution in [3.8, 4) is 0 Å². The molecule has 1 saturated carbocycles. The average molecular weight is 511 g/mol. The van der Waals surface area contributed by atoms with E-state index in [1.807, 2.05) is 0 Å². The second-order valence-corrected chi connectivity index (χ2v) is 10.6. The van der Waals surface area contributed by atoms with Crippen LogP contribution in [0.15, 0.2) is 4.99 Å². The highest BCUT2D eigenvalue weighted by Gasteiger charge is 2.41. The number of aliphatic imine (C=N–C) groups is 1. The van der Waals surface area contributed by atoms with Gasteiger partial charge in [0.25, 0.3) is 0 Å². The molecule has 0 aromatic rings. The van der Waals surface area contributed by atoms with Gasteiger partial charge in [-0.2, -0.15) is 0 Å². The van der Waals surface area contributed by atoms with Crippen LogP contribution in [0.5, 0.6) is 0 Å². The Labute approximate surface area is 212 Å². The lowest BCUT2D eigenvalue weighted by Crippen LogP contribution is -2.57. The molecule has 2 fully saturated rings. The molecule has 1 saturated heterocycles. The number of nitrogens with zero attached hydrogens (tertiary/aromatic N) is 2. The third-order valence-corrected chi connectivity index (χ3v) is 6.46. The first-order valence-corrected chi connectivity index (χ1v) is 12.8. The van der Waals surface area contributed by atoms with E-state index in [2.05, 4.69) is 15.6 Å². The Kier molecular flexibility index (Phi) is 10.8. The molecule has 3 atom stereocenters. The number of carbonyl (C=O) groups is 4. The van der Waals surface area contributed by atoms with Gasteiger partial charge in [-0.3, -0.25) is 14.6 Å². The molecule has 0 bridgehead atoms. The average Bonchev–Trinajstić information content (AvgIpc) is 3.28. The van der Waals surface area contributed by atoms with Gasteiger partial charge in [0.15, 0.2) is 5.96 Å². The summed E-state index contributed by atoms with van der Waals surface area (Å²) in [6, 6.07) is -2.73. The predicted octanol–water partition coefficient (Wildman–Crippen LogP) is 1.07. The number of hydrogen-bond acceptors (Lipinski definition) is 6. The van der Waals surface area contributed by atoms with E-state index in [-0.39, 0.29) is 30.8 Å². The normalized spacial score (nSPS) is 20.2. The maximum atomic E-state index is 13.7. The molecule has 0 unspecified atom stereocenters. The van der Waals surface area contributed by atoms with Crippen LogP contribution in [-0.4, -0.2) is 76.7 Å². The third kappa shape index (κ3) is 9.19. The van der Waals surface area contributed by atoms with Gasteiger partial charge in [-0.05, 0) is 65.2 Å². The molecular weight excluding hydrogens is 468 g/mol. The Balaban J connectivity index is 2.11. The molecule has 7 N–H and O–H groups in total. The minimum absolute atomic E-state index is 0.0506. The lowest BCUT2D eigenvalue weighted by Gasteiger charge is -2.35. The van der Waals surface area contributed by atoms with E-state index in [4.69, 9.17) is 16.2 Å². The summed E-state index contributed by atoms with van der Waals surface area (Å²) in [5.74, 6) is -2.15. The molecule has 1 aliphatic heterocycles. The predicted molar refractivity (Wildman–Crippen MR) is 134 cm³/mol. The highest BCUT2D eigenvalue weighted by molar-refractivity contribution is 5.93. The zero-order chi connectivity index (χ0) is 26.9. The number of nitrogens with one attached hydrogen (secondary N) is 2. The van der Waals surface area contributed by atoms with Crippen LogP contribution in [0.4, 0.5) is 4.79 Å². The molecule has 204 valence electrons. The van der Waals surface area contributed by atoms with Crippen LogP contribution in [0, 0.1) is 5.92 Å². The van der Waals surface area contributed by atoms with Crippen molar-refractivity contribution < 1.29 is 29.0 Å². The number of likely N-dealkylation sites (tertiary alicyclic amines) is 1. The number of ether oxygens (including phenoxy) is 1. The van der Waals surface area contributed by atoms with Crippen molar-refractivity contribution in [3.05, 3.63) is 0 Å². The van der Waals surface area contributed by atoms with Gasteiger partial charge in [0.05, 0.1) is 0 Å². The summed E-state index contributed by atoms with van der Waals surface area (Å²) in [6.07, 6.45) is 5.48. The van der Waals surface area contributed by atoms with Gasteiger partial charge in [0.2, 0.25) is 11.8 Å². The van der Waals surface area contributed by atoms with Crippen LogP contribution < -0.4 is 22.1 Å². The molecule has 12 nitrogen and oxygen atoms in total. The number of aliphatic carboxylic acids is 1. The largest absolute Gasteiger partial charge is 0.480 e. The first kappa shape index (κ1) is 29.2. The van der Waals surface area contributed by atoms with E-state index < -0.39 is 41.7 Å². The van der Waals surface area contributed by atoms with Gasteiger partial charge in [-0.1, -0.05) is 19.3 Å². The molecule has 2 rings (SSSR count). The molecule has 0 aromatic carbocycles. The van der Waals surface area contributed by atoms with Gasteiger partial charge in [0.1, 0.15) is 23.7 Å². The number of carboxylic acid groups (broad SMARTS) is 1. The fourth-order valence-electron chi connectivity index (χ4n) is 4.79. The number of guanidine groups is 1. The van der Waals surface area contributed by atoms with Crippen LogP contribution in [0.3, 0.4) is 0 Å². The lowest BCUT2D eigenvalue weighted by molar-refractivity contribution is -0.145. The second-order valence-electron chi connectivity index (χ2n) is 10.6. The monoisotopic (exact) mass is 510 g/mol. The third-order valence-electron chi connectivity index (χ3n) is 6.46. The van der Waals surface area contributed by atoms with E-state index in [0.29, 0.717) is 25.8 Å². The first-order valence-electron chi connectivity index (χ1n) is 12.8. The van der Waals surface area contributed by atoms with Crippen LogP contribution in [0.2, 0.25) is 0 Å². The summed E-state index contributed by atoms with van der Waals surface area (Å²) in [4.78, 5) is 56.3. The van der Waals surface area contributed by atoms with Crippen LogP contribution >= 0.6 is 0 Å². The quantitative estimate of drug-likeness (QED) is 0.164. The SMILES string of the molecule is CC(C)(C)OC(=O)N[C@@H](C(=O)N1CCC[C@H]1C(=O)N[C@@H](CCCN=C(N)N)C(=O)O)C1CCCCC1. The molecule has 0 aromatic heterocycles. The van der Waals surface area contributed by atoms with Crippen molar-refractivity contribution >= 4 is 29.8 Å². The van der Waals surface area contributed by atoms with Crippen LogP contribution in [0.25, 0.3) is 0 Å². The fourth-order valence-corrected chi connectivity index (χ4v) is 4.79. The zero-order valence-electron chi connectivity index (χ0n) is 21.6. The number of carbonyl (C=O) groups excluding carboxylic acids is 3. The summed E-state index contributed by atoms with van der Waals surface area (Å²) in [5.41, 5.74) is 9.85. The summed E-state index contributed by atoms with van der Waals surface area (Å²) in [7, 11) is 0. The Morgan fingerprint density at radius 1 is 1.06 bits per heavy atom. The number of nitrogens with two attached hydrogens (primary N) is 2. The van der Waals surface area contributed by atoms with Crippen LogP contribution in [0.1, 0.15) is 78.6 Å². The number of alkyl carbamates (subject to hydrolysis) is 1. The molecule has 3 amide bonds. The smallest absolute Gasteiger partial charge is 0.408 e. The van der Waals surface area contributed by atoms with E-state index >= 15 is 0 Å². The summed E-state index contributed by atoms with van der Waals surface area (Å²) >= 11 is 0. The Hall–Kier alpha value is -3.05. The van der Waals surface area contributed by atoms with E-state index in [1.54, 1.807) is 20.8 Å². The van der Waals surface area contributed by atoms with Crippen molar-refractivity contribution in [3.63, 3.8) is 0 Å². The molecular formula is C24H42N6O6. The van der Waals surface area contributed by atoms with Gasteiger partial charge >= 0.3 is 12.1 Å². The minimum atomic E-state index is -1.17. The van der Waals surface area contributed by atoms with Crippen molar-refractivity contribution in [1.29, 1.82) is 0 Å². The molecule has 2 aliphatic rings. The highest BCUT2D eigenvalue weighted by Crippen LogP contribution is 2.29. The van der Waals surface area contributed by atoms with E-state index in [1.165, 1.54) is 4.90 Å². The van der Waals surface area contributed by atoms with Gasteiger partial charge in [0, 0.05) is 13.1 Å². The summed E-state index contributed by atoms with van der Waals surface area (Å²) in [6.45, 7) is 5.86. The first-order chi connectivity index (χ1) is 16.9. The molecule has 1 heterocycles. The second kappa shape index (κ2) is 13.3. The molecule has 0 radical (unpaired) electrons. The molecule has 36 heavy (non-hydrogen) atoms. The van der Waals surface area contributed by atoms with Gasteiger partial charge < -0.3 is 36.8 Å². The maximum absolute atomic E-state index is 13.7. The van der Waals surface area contributed by atoms with Crippen molar-refractivity contribution in [1.82, 2.24) is 15.5 Å². The van der Waals surface area contributed by atoms with Crippen molar-refractivity contribution in [2.45, 2.75) is 102 Å². The molecule has 12 heteroatoms. The number of hydrogen-bond donors (Lipinski definition) is 5. The van der Waals surface area contributed by atoms with Crippen LogP contribution in [-0.2, 0) is 19.1 Å². The highest BCUT2D eigenvalue weighted by atomic mass is 16.6. The van der Waals surface area contributed by atoms with Crippen molar-refractivity contribution in [2.75, 3.05) is 13.1 Å². The number of amides is 3. The van der Waals surface area contributed by atoms with E-state index in [9.17, 15) is 24.3 Å².